The number of ether oxygens (including phenoxy) is 2. The highest BCUT2D eigenvalue weighted by Gasteiger charge is 2.16. The molecule has 0 aliphatic carbocycles. The Labute approximate surface area is 164 Å². The van der Waals surface area contributed by atoms with Crippen LogP contribution in [-0.4, -0.2) is 25.6 Å². The highest BCUT2D eigenvalue weighted by molar-refractivity contribution is 6.31. The minimum atomic E-state index is -0.919. The average Bonchev–Trinajstić information content (AvgIpc) is 2.68. The number of hydrogen-bond donors (Lipinski definition) is 1. The van der Waals surface area contributed by atoms with Gasteiger partial charge in [0.2, 0.25) is 5.76 Å². The number of benzene rings is 2. The number of halogens is 1. The molecular weight excluding hydrogens is 386 g/mol. The fourth-order valence-corrected chi connectivity index (χ4v) is 2.68. The normalized spacial score (nSPS) is 10.5. The number of hydrogen-bond acceptors (Lipinski definition) is 6. The first-order valence-electron chi connectivity index (χ1n) is 8.23. The van der Waals surface area contributed by atoms with Gasteiger partial charge >= 0.3 is 5.97 Å². The van der Waals surface area contributed by atoms with E-state index in [1.807, 2.05) is 0 Å². The number of nitrogens with one attached hydrogen (secondary N) is 1. The molecule has 8 heteroatoms. The lowest BCUT2D eigenvalue weighted by Crippen LogP contribution is -2.21. The number of anilines is 1. The van der Waals surface area contributed by atoms with Crippen molar-refractivity contribution in [3.05, 3.63) is 69.0 Å². The Hall–Kier alpha value is -3.32. The van der Waals surface area contributed by atoms with E-state index in [1.54, 1.807) is 43.3 Å². The maximum Gasteiger partial charge on any atom is 0.374 e. The second-order valence-electron chi connectivity index (χ2n) is 5.90. The molecule has 0 radical (unpaired) electrons. The number of para-hydroxylation sites is 1. The summed E-state index contributed by atoms with van der Waals surface area (Å²) in [5.41, 5.74) is 1.02. The summed E-state index contributed by atoms with van der Waals surface area (Å²) in [5, 5.41) is 3.43. The summed E-state index contributed by atoms with van der Waals surface area (Å²) in [4.78, 5) is 36.3. The van der Waals surface area contributed by atoms with Crippen LogP contribution in [0.15, 0.2) is 51.7 Å². The molecular formula is C20H16ClNO6. The molecule has 1 heterocycles. The lowest BCUT2D eigenvalue weighted by molar-refractivity contribution is -0.119. The number of carbonyl (C=O) groups excluding carboxylic acids is 2. The number of carbonyl (C=O) groups is 2. The van der Waals surface area contributed by atoms with Gasteiger partial charge in [-0.1, -0.05) is 23.7 Å². The Kier molecular flexibility index (Phi) is 5.65. The molecule has 1 amide bonds. The van der Waals surface area contributed by atoms with E-state index in [0.717, 1.165) is 11.6 Å². The number of amides is 1. The van der Waals surface area contributed by atoms with Gasteiger partial charge < -0.3 is 19.2 Å². The van der Waals surface area contributed by atoms with Gasteiger partial charge in [0, 0.05) is 17.2 Å². The van der Waals surface area contributed by atoms with E-state index in [9.17, 15) is 14.4 Å². The summed E-state index contributed by atoms with van der Waals surface area (Å²) >= 11 is 6.03. The van der Waals surface area contributed by atoms with Gasteiger partial charge in [0.05, 0.1) is 18.2 Å². The Morgan fingerprint density at radius 2 is 1.93 bits per heavy atom. The number of fused-ring (bicyclic) bond motifs is 1. The zero-order valence-corrected chi connectivity index (χ0v) is 15.8. The zero-order chi connectivity index (χ0) is 20.3. The molecule has 2 aromatic carbocycles. The van der Waals surface area contributed by atoms with Crippen LogP contribution in [-0.2, 0) is 9.53 Å². The molecule has 0 saturated heterocycles. The average molecular weight is 402 g/mol. The van der Waals surface area contributed by atoms with Crippen LogP contribution in [0.2, 0.25) is 5.02 Å². The Morgan fingerprint density at radius 1 is 1.18 bits per heavy atom. The fourth-order valence-electron chi connectivity index (χ4n) is 2.52. The van der Waals surface area contributed by atoms with E-state index < -0.39 is 18.5 Å². The highest BCUT2D eigenvalue weighted by atomic mass is 35.5. The monoisotopic (exact) mass is 401 g/mol. The first kappa shape index (κ1) is 19.4. The molecule has 0 spiro atoms. The third-order valence-electron chi connectivity index (χ3n) is 3.93. The quantitative estimate of drug-likeness (QED) is 0.657. The summed E-state index contributed by atoms with van der Waals surface area (Å²) in [7, 11) is 1.44. The predicted octanol–water partition coefficient (Wildman–Crippen LogP) is 3.56. The summed E-state index contributed by atoms with van der Waals surface area (Å²) < 4.78 is 15.5. The van der Waals surface area contributed by atoms with Crippen LogP contribution in [0, 0.1) is 6.92 Å². The van der Waals surface area contributed by atoms with Crippen LogP contribution < -0.4 is 15.5 Å². The lowest BCUT2D eigenvalue weighted by atomic mass is 10.2. The van der Waals surface area contributed by atoms with Crippen molar-refractivity contribution in [2.24, 2.45) is 0 Å². The van der Waals surface area contributed by atoms with Crippen molar-refractivity contribution in [1.82, 2.24) is 0 Å². The highest BCUT2D eigenvalue weighted by Crippen LogP contribution is 2.30. The standard InChI is InChI=1S/C20H16ClNO6/c1-11-7-14(17(26-2)8-13(11)21)22-19(24)10-27-20(25)18-9-15(23)12-5-3-4-6-16(12)28-18/h3-9H,10H2,1-2H3,(H,22,24). The van der Waals surface area contributed by atoms with Crippen molar-refractivity contribution in [3.8, 4) is 5.75 Å². The fraction of sp³-hybridized carbons (Fsp3) is 0.150. The number of aryl methyl sites for hydroxylation is 1. The molecule has 7 nitrogen and oxygen atoms in total. The zero-order valence-electron chi connectivity index (χ0n) is 15.1. The van der Waals surface area contributed by atoms with Crippen LogP contribution in [0.1, 0.15) is 16.1 Å². The lowest BCUT2D eigenvalue weighted by Gasteiger charge is -2.12. The van der Waals surface area contributed by atoms with Crippen LogP contribution in [0.3, 0.4) is 0 Å². The maximum atomic E-state index is 12.1. The summed E-state index contributed by atoms with van der Waals surface area (Å²) in [6.07, 6.45) is 0. The molecule has 3 aromatic rings. The van der Waals surface area contributed by atoms with Gasteiger partial charge in [-0.2, -0.15) is 0 Å². The summed E-state index contributed by atoms with van der Waals surface area (Å²) in [5.74, 6) is -1.42. The van der Waals surface area contributed by atoms with Crippen LogP contribution >= 0.6 is 11.6 Å². The van der Waals surface area contributed by atoms with Crippen molar-refractivity contribution < 1.29 is 23.5 Å². The topological polar surface area (TPSA) is 94.8 Å². The molecule has 0 saturated carbocycles. The molecule has 144 valence electrons. The number of rotatable bonds is 5. The van der Waals surface area contributed by atoms with Crippen molar-refractivity contribution in [1.29, 1.82) is 0 Å². The summed E-state index contributed by atoms with van der Waals surface area (Å²) in [6, 6.07) is 10.8. The maximum absolute atomic E-state index is 12.1. The minimum absolute atomic E-state index is 0.257. The molecule has 1 N–H and O–H groups in total. The van der Waals surface area contributed by atoms with Crippen LogP contribution in [0.4, 0.5) is 5.69 Å². The first-order valence-corrected chi connectivity index (χ1v) is 8.61. The van der Waals surface area contributed by atoms with Crippen molar-refractivity contribution in [2.75, 3.05) is 19.0 Å². The van der Waals surface area contributed by atoms with Crippen molar-refractivity contribution in [2.45, 2.75) is 6.92 Å². The van der Waals surface area contributed by atoms with Gasteiger partial charge in [0.15, 0.2) is 12.0 Å². The minimum Gasteiger partial charge on any atom is -0.495 e. The molecule has 0 fully saturated rings. The van der Waals surface area contributed by atoms with Gasteiger partial charge in [-0.15, -0.1) is 0 Å². The second kappa shape index (κ2) is 8.14. The number of methoxy groups -OCH3 is 1. The molecule has 3 rings (SSSR count). The van der Waals surface area contributed by atoms with Gasteiger partial charge in [0.1, 0.15) is 11.3 Å². The first-order chi connectivity index (χ1) is 13.4. The third kappa shape index (κ3) is 4.15. The molecule has 28 heavy (non-hydrogen) atoms. The Balaban J connectivity index is 1.69. The van der Waals surface area contributed by atoms with Crippen LogP contribution in [0.5, 0.6) is 5.75 Å². The number of esters is 1. The largest absolute Gasteiger partial charge is 0.495 e. The molecule has 0 aliphatic heterocycles. The van der Waals surface area contributed by atoms with Gasteiger partial charge in [0.25, 0.3) is 5.91 Å². The molecule has 0 bridgehead atoms. The van der Waals surface area contributed by atoms with E-state index in [2.05, 4.69) is 5.32 Å². The van der Waals surface area contributed by atoms with E-state index >= 15 is 0 Å². The molecule has 0 aliphatic rings. The van der Waals surface area contributed by atoms with E-state index in [1.165, 1.54) is 7.11 Å². The van der Waals surface area contributed by atoms with Crippen LogP contribution in [0.25, 0.3) is 11.0 Å². The Bertz CT molecular complexity index is 1120. The van der Waals surface area contributed by atoms with Crippen molar-refractivity contribution in [3.63, 3.8) is 0 Å². The molecule has 1 aromatic heterocycles. The van der Waals surface area contributed by atoms with E-state index in [-0.39, 0.29) is 16.8 Å². The molecule has 0 unspecified atom stereocenters. The second-order valence-corrected chi connectivity index (χ2v) is 6.30. The predicted molar refractivity (Wildman–Crippen MR) is 104 cm³/mol. The van der Waals surface area contributed by atoms with Crippen molar-refractivity contribution >= 4 is 40.1 Å². The summed E-state index contributed by atoms with van der Waals surface area (Å²) in [6.45, 7) is 1.21. The Morgan fingerprint density at radius 3 is 2.68 bits per heavy atom. The van der Waals surface area contributed by atoms with E-state index in [0.29, 0.717) is 21.8 Å². The smallest absolute Gasteiger partial charge is 0.374 e. The SMILES string of the molecule is COc1cc(Cl)c(C)cc1NC(=O)COC(=O)c1cc(=O)c2ccccc2o1. The van der Waals surface area contributed by atoms with E-state index in [4.69, 9.17) is 25.5 Å². The van der Waals surface area contributed by atoms with Gasteiger partial charge in [-0.05, 0) is 30.7 Å². The molecule has 0 atom stereocenters. The van der Waals surface area contributed by atoms with Gasteiger partial charge in [-0.25, -0.2) is 4.79 Å². The van der Waals surface area contributed by atoms with Gasteiger partial charge in [-0.3, -0.25) is 9.59 Å². The third-order valence-corrected chi connectivity index (χ3v) is 4.33.